The number of tetrazole rings is 1. The Kier molecular flexibility index (Phi) is 3.90. The Balaban J connectivity index is 1.83. The average molecular weight is 306 g/mol. The highest BCUT2D eigenvalue weighted by atomic mass is 35.5. The van der Waals surface area contributed by atoms with E-state index in [0.717, 1.165) is 22.9 Å². The second-order valence-corrected chi connectivity index (χ2v) is 6.15. The van der Waals surface area contributed by atoms with Crippen molar-refractivity contribution in [1.29, 1.82) is 5.26 Å². The minimum Gasteiger partial charge on any atom is -0.217 e. The third-order valence-electron chi connectivity index (χ3n) is 3.40. The van der Waals surface area contributed by atoms with Gasteiger partial charge in [-0.3, -0.25) is 0 Å². The molecule has 20 heavy (non-hydrogen) atoms. The van der Waals surface area contributed by atoms with Gasteiger partial charge in [0.2, 0.25) is 5.16 Å². The Labute approximate surface area is 125 Å². The van der Waals surface area contributed by atoms with Gasteiger partial charge in [-0.05, 0) is 53.2 Å². The number of hydrogen-bond donors (Lipinski definition) is 0. The third-order valence-corrected chi connectivity index (χ3v) is 4.66. The molecule has 0 spiro atoms. The van der Waals surface area contributed by atoms with Crippen LogP contribution >= 0.6 is 23.4 Å². The lowest BCUT2D eigenvalue weighted by molar-refractivity contribution is 0.423. The van der Waals surface area contributed by atoms with E-state index in [0.29, 0.717) is 16.6 Å². The molecule has 1 saturated carbocycles. The summed E-state index contributed by atoms with van der Waals surface area (Å²) in [5.74, 6) is 0. The molecule has 0 aliphatic heterocycles. The van der Waals surface area contributed by atoms with Crippen LogP contribution in [0, 0.1) is 11.3 Å². The van der Waals surface area contributed by atoms with Gasteiger partial charge in [-0.2, -0.15) is 5.26 Å². The van der Waals surface area contributed by atoms with Crippen LogP contribution < -0.4 is 0 Å². The van der Waals surface area contributed by atoms with Gasteiger partial charge in [-0.15, -0.1) is 5.10 Å². The average Bonchev–Trinajstić information content (AvgIpc) is 3.09. The summed E-state index contributed by atoms with van der Waals surface area (Å²) in [5, 5.41) is 22.1. The Hall–Kier alpha value is -1.58. The predicted molar refractivity (Wildman–Crippen MR) is 75.6 cm³/mol. The van der Waals surface area contributed by atoms with Crippen LogP contribution in [0.2, 0.25) is 5.02 Å². The fourth-order valence-electron chi connectivity index (χ4n) is 2.39. The lowest BCUT2D eigenvalue weighted by atomic mass is 10.2. The summed E-state index contributed by atoms with van der Waals surface area (Å²) in [7, 11) is 0. The number of nitrogens with zero attached hydrogens (tertiary/aromatic N) is 5. The van der Waals surface area contributed by atoms with Crippen molar-refractivity contribution in [2.45, 2.75) is 41.8 Å². The van der Waals surface area contributed by atoms with E-state index < -0.39 is 0 Å². The van der Waals surface area contributed by atoms with E-state index in [-0.39, 0.29) is 0 Å². The molecule has 1 fully saturated rings. The first kappa shape index (κ1) is 13.4. The van der Waals surface area contributed by atoms with Gasteiger partial charge in [0.1, 0.15) is 6.07 Å². The van der Waals surface area contributed by atoms with E-state index in [1.165, 1.54) is 24.6 Å². The fraction of sp³-hybridized carbons (Fsp3) is 0.385. The van der Waals surface area contributed by atoms with Gasteiger partial charge in [-0.25, -0.2) is 4.68 Å². The molecular formula is C13H12ClN5S. The van der Waals surface area contributed by atoms with E-state index in [2.05, 4.69) is 21.6 Å². The smallest absolute Gasteiger partial charge is 0.214 e. The summed E-state index contributed by atoms with van der Waals surface area (Å²) in [5.41, 5.74) is 0.478. The number of benzene rings is 1. The fourth-order valence-corrected chi connectivity index (χ4v) is 3.55. The van der Waals surface area contributed by atoms with Gasteiger partial charge < -0.3 is 0 Å². The molecule has 1 aromatic carbocycles. The number of aromatic nitrogens is 4. The Bertz CT molecular complexity index is 657. The quantitative estimate of drug-likeness (QED) is 0.868. The van der Waals surface area contributed by atoms with Crippen molar-refractivity contribution in [3.8, 4) is 6.07 Å². The highest BCUT2D eigenvalue weighted by Gasteiger charge is 2.22. The molecule has 0 radical (unpaired) electrons. The van der Waals surface area contributed by atoms with Gasteiger partial charge >= 0.3 is 0 Å². The van der Waals surface area contributed by atoms with Crippen molar-refractivity contribution in [2.24, 2.45) is 0 Å². The van der Waals surface area contributed by atoms with E-state index in [1.54, 1.807) is 12.1 Å². The molecule has 5 nitrogen and oxygen atoms in total. The molecule has 102 valence electrons. The number of hydrogen-bond acceptors (Lipinski definition) is 5. The maximum Gasteiger partial charge on any atom is 0.214 e. The Morgan fingerprint density at radius 2 is 2.15 bits per heavy atom. The summed E-state index contributed by atoms with van der Waals surface area (Å²) in [6, 6.07) is 7.81. The molecule has 0 saturated heterocycles. The summed E-state index contributed by atoms with van der Waals surface area (Å²) in [4.78, 5) is 0.933. The van der Waals surface area contributed by atoms with Crippen LogP contribution in [0.1, 0.15) is 37.3 Å². The zero-order chi connectivity index (χ0) is 13.9. The molecule has 0 amide bonds. The second-order valence-electron chi connectivity index (χ2n) is 4.70. The minimum atomic E-state index is 0.404. The van der Waals surface area contributed by atoms with Crippen LogP contribution in [0.15, 0.2) is 28.3 Å². The summed E-state index contributed by atoms with van der Waals surface area (Å²) in [6.07, 6.45) is 4.73. The van der Waals surface area contributed by atoms with Crippen LogP contribution in [0.3, 0.4) is 0 Å². The first-order valence-corrected chi connectivity index (χ1v) is 7.63. The number of nitriles is 1. The maximum absolute atomic E-state index is 8.88. The summed E-state index contributed by atoms with van der Waals surface area (Å²) in [6.45, 7) is 0. The lowest BCUT2D eigenvalue weighted by Crippen LogP contribution is -2.08. The molecule has 2 aromatic rings. The minimum absolute atomic E-state index is 0.404. The molecule has 1 heterocycles. The largest absolute Gasteiger partial charge is 0.217 e. The molecule has 3 rings (SSSR count). The first-order valence-electron chi connectivity index (χ1n) is 6.43. The van der Waals surface area contributed by atoms with Crippen LogP contribution in [-0.4, -0.2) is 20.2 Å². The van der Waals surface area contributed by atoms with Crippen LogP contribution in [0.4, 0.5) is 0 Å². The van der Waals surface area contributed by atoms with Crippen molar-refractivity contribution in [3.05, 3.63) is 28.8 Å². The Morgan fingerprint density at radius 1 is 1.35 bits per heavy atom. The molecule has 0 unspecified atom stereocenters. The van der Waals surface area contributed by atoms with Gasteiger partial charge in [0.05, 0.1) is 16.6 Å². The normalized spacial score (nSPS) is 15.4. The molecule has 0 N–H and O–H groups in total. The monoisotopic (exact) mass is 305 g/mol. The zero-order valence-electron chi connectivity index (χ0n) is 10.7. The van der Waals surface area contributed by atoms with Crippen molar-refractivity contribution < 1.29 is 0 Å². The van der Waals surface area contributed by atoms with Crippen LogP contribution in [-0.2, 0) is 0 Å². The molecule has 0 atom stereocenters. The number of rotatable bonds is 3. The highest BCUT2D eigenvalue weighted by Crippen LogP contribution is 2.34. The second kappa shape index (κ2) is 5.81. The van der Waals surface area contributed by atoms with Crippen molar-refractivity contribution in [2.75, 3.05) is 0 Å². The predicted octanol–water partition coefficient (Wildman–Crippen LogP) is 3.46. The summed E-state index contributed by atoms with van der Waals surface area (Å²) < 4.78 is 1.91. The SMILES string of the molecule is N#Cc1ccc(Sc2nnnn2C2CCCC2)cc1Cl. The number of halogens is 1. The third kappa shape index (κ3) is 2.65. The highest BCUT2D eigenvalue weighted by molar-refractivity contribution is 7.99. The summed E-state index contributed by atoms with van der Waals surface area (Å²) >= 11 is 7.52. The Morgan fingerprint density at radius 3 is 2.85 bits per heavy atom. The standard InChI is InChI=1S/C13H12ClN5S/c14-12-7-11(6-5-9(12)8-15)20-13-16-17-18-19(13)10-3-1-2-4-10/h5-7,10H,1-4H2. The van der Waals surface area contributed by atoms with Crippen molar-refractivity contribution >= 4 is 23.4 Å². The van der Waals surface area contributed by atoms with E-state index in [9.17, 15) is 0 Å². The lowest BCUT2D eigenvalue weighted by Gasteiger charge is -2.10. The molecule has 7 heteroatoms. The molecule has 1 aliphatic rings. The topological polar surface area (TPSA) is 67.4 Å². The van der Waals surface area contributed by atoms with Crippen LogP contribution in [0.25, 0.3) is 0 Å². The van der Waals surface area contributed by atoms with Crippen molar-refractivity contribution in [3.63, 3.8) is 0 Å². The van der Waals surface area contributed by atoms with Crippen molar-refractivity contribution in [1.82, 2.24) is 20.2 Å². The van der Waals surface area contributed by atoms with Gasteiger partial charge in [0.15, 0.2) is 0 Å². The zero-order valence-corrected chi connectivity index (χ0v) is 12.2. The van der Waals surface area contributed by atoms with Crippen LogP contribution in [0.5, 0.6) is 0 Å². The molecule has 1 aliphatic carbocycles. The molecule has 0 bridgehead atoms. The molecular weight excluding hydrogens is 294 g/mol. The van der Waals surface area contributed by atoms with E-state index in [4.69, 9.17) is 16.9 Å². The molecule has 1 aromatic heterocycles. The maximum atomic E-state index is 8.88. The first-order chi connectivity index (χ1) is 9.78. The van der Waals surface area contributed by atoms with Gasteiger partial charge in [0.25, 0.3) is 0 Å². The van der Waals surface area contributed by atoms with Gasteiger partial charge in [-0.1, -0.05) is 24.4 Å². The van der Waals surface area contributed by atoms with Gasteiger partial charge in [0, 0.05) is 4.90 Å². The van der Waals surface area contributed by atoms with E-state index >= 15 is 0 Å². The van der Waals surface area contributed by atoms with E-state index in [1.807, 2.05) is 10.7 Å².